The largest absolute Gasteiger partial charge is 0.289 e. The predicted octanol–water partition coefficient (Wildman–Crippen LogP) is 2.66. The van der Waals surface area contributed by atoms with Crippen LogP contribution >= 0.6 is 0 Å². The molecule has 0 atom stereocenters. The Morgan fingerprint density at radius 3 is 1.56 bits per heavy atom. The highest BCUT2D eigenvalue weighted by Gasteiger charge is 2.34. The second-order valence-corrected chi connectivity index (χ2v) is 4.66. The first kappa shape index (κ1) is 9.76. The van der Waals surface area contributed by atoms with Crippen molar-refractivity contribution in [2.45, 2.75) is 38.5 Å². The third-order valence-electron chi connectivity index (χ3n) is 3.74. The van der Waals surface area contributed by atoms with Crippen LogP contribution in [-0.4, -0.2) is 11.6 Å². The van der Waals surface area contributed by atoms with Crippen molar-refractivity contribution >= 4 is 11.6 Å². The standard InChI is InChI=1S/C14H14O2/c15-13-9-5-1-2-6-10(9)14(16)12-8-4-3-7-11(12)13/h1-2H,3-8H2. The second-order valence-electron chi connectivity index (χ2n) is 4.66. The van der Waals surface area contributed by atoms with E-state index >= 15 is 0 Å². The number of allylic oxidation sites excluding steroid dienone is 6. The fourth-order valence-corrected chi connectivity index (χ4v) is 2.88. The topological polar surface area (TPSA) is 34.1 Å². The maximum Gasteiger partial charge on any atom is 0.186 e. The number of carbonyl (C=O) groups excluding carboxylic acids is 2. The summed E-state index contributed by atoms with van der Waals surface area (Å²) in [6.07, 6.45) is 9.01. The highest BCUT2D eigenvalue weighted by Crippen LogP contribution is 2.37. The van der Waals surface area contributed by atoms with Crippen molar-refractivity contribution in [1.29, 1.82) is 0 Å². The molecule has 0 saturated carbocycles. The van der Waals surface area contributed by atoms with E-state index in [1.54, 1.807) is 0 Å². The fraction of sp³-hybridized carbons (Fsp3) is 0.429. The van der Waals surface area contributed by atoms with Gasteiger partial charge >= 0.3 is 0 Å². The molecule has 0 aromatic heterocycles. The third-order valence-corrected chi connectivity index (χ3v) is 3.74. The first-order valence-electron chi connectivity index (χ1n) is 5.97. The van der Waals surface area contributed by atoms with Gasteiger partial charge in [-0.15, -0.1) is 0 Å². The van der Waals surface area contributed by atoms with E-state index in [4.69, 9.17) is 0 Å². The molecule has 0 saturated heterocycles. The molecule has 2 heteroatoms. The summed E-state index contributed by atoms with van der Waals surface area (Å²) in [4.78, 5) is 24.5. The molecule has 0 radical (unpaired) electrons. The van der Waals surface area contributed by atoms with Crippen LogP contribution in [0.4, 0.5) is 0 Å². The predicted molar refractivity (Wildman–Crippen MR) is 60.9 cm³/mol. The molecule has 0 heterocycles. The average Bonchev–Trinajstić information content (AvgIpc) is 2.36. The molecule has 0 amide bonds. The van der Waals surface area contributed by atoms with Crippen molar-refractivity contribution in [2.24, 2.45) is 0 Å². The van der Waals surface area contributed by atoms with Gasteiger partial charge in [-0.05, 0) is 38.5 Å². The Hall–Kier alpha value is -1.44. The Morgan fingerprint density at radius 2 is 1.12 bits per heavy atom. The Balaban J connectivity index is 2.08. The summed E-state index contributed by atoms with van der Waals surface area (Å²) in [6.45, 7) is 0. The maximum atomic E-state index is 12.2. The van der Waals surface area contributed by atoms with Gasteiger partial charge in [-0.1, -0.05) is 12.2 Å². The maximum absolute atomic E-state index is 12.2. The van der Waals surface area contributed by atoms with Gasteiger partial charge in [0.25, 0.3) is 0 Å². The average molecular weight is 214 g/mol. The number of rotatable bonds is 0. The van der Waals surface area contributed by atoms with Crippen molar-refractivity contribution < 1.29 is 9.59 Å². The molecule has 0 unspecified atom stereocenters. The number of hydrogen-bond acceptors (Lipinski definition) is 2. The van der Waals surface area contributed by atoms with E-state index in [1.165, 1.54) is 0 Å². The lowest BCUT2D eigenvalue weighted by Gasteiger charge is -2.27. The number of hydrogen-bond donors (Lipinski definition) is 0. The minimum absolute atomic E-state index is 0.161. The molecule has 0 N–H and O–H groups in total. The molecule has 82 valence electrons. The zero-order chi connectivity index (χ0) is 11.1. The molecule has 0 spiro atoms. The van der Waals surface area contributed by atoms with Crippen LogP contribution in [0.15, 0.2) is 34.4 Å². The van der Waals surface area contributed by atoms with Crippen molar-refractivity contribution in [3.8, 4) is 0 Å². The van der Waals surface area contributed by atoms with E-state index in [2.05, 4.69) is 0 Å². The SMILES string of the molecule is O=C1C2=C(CC=CC2)C(=O)C2=C1CCCC2. The highest BCUT2D eigenvalue weighted by atomic mass is 16.1. The quantitative estimate of drug-likeness (QED) is 0.459. The van der Waals surface area contributed by atoms with E-state index in [9.17, 15) is 9.59 Å². The van der Waals surface area contributed by atoms with Crippen molar-refractivity contribution in [1.82, 2.24) is 0 Å². The summed E-state index contributed by atoms with van der Waals surface area (Å²) in [6, 6.07) is 0. The van der Waals surface area contributed by atoms with Crippen molar-refractivity contribution in [3.63, 3.8) is 0 Å². The van der Waals surface area contributed by atoms with Crippen LogP contribution in [0.1, 0.15) is 38.5 Å². The molecule has 16 heavy (non-hydrogen) atoms. The van der Waals surface area contributed by atoms with Gasteiger partial charge in [0.05, 0.1) is 0 Å². The molecule has 0 aromatic rings. The zero-order valence-electron chi connectivity index (χ0n) is 9.21. The lowest BCUT2D eigenvalue weighted by atomic mass is 9.74. The summed E-state index contributed by atoms with van der Waals surface area (Å²) >= 11 is 0. The van der Waals surface area contributed by atoms with Gasteiger partial charge in [-0.2, -0.15) is 0 Å². The molecule has 0 fully saturated rings. The van der Waals surface area contributed by atoms with Crippen molar-refractivity contribution in [2.75, 3.05) is 0 Å². The van der Waals surface area contributed by atoms with Crippen LogP contribution < -0.4 is 0 Å². The third kappa shape index (κ3) is 1.26. The monoisotopic (exact) mass is 214 g/mol. The van der Waals surface area contributed by atoms with E-state index < -0.39 is 0 Å². The van der Waals surface area contributed by atoms with Crippen LogP contribution in [0.25, 0.3) is 0 Å². The molecular weight excluding hydrogens is 200 g/mol. The molecule has 3 aliphatic carbocycles. The van der Waals surface area contributed by atoms with Gasteiger partial charge in [-0.25, -0.2) is 0 Å². The minimum atomic E-state index is 0.161. The molecule has 0 aliphatic heterocycles. The molecular formula is C14H14O2. The molecule has 0 bridgehead atoms. The van der Waals surface area contributed by atoms with Gasteiger partial charge in [0.15, 0.2) is 11.6 Å². The van der Waals surface area contributed by atoms with Gasteiger partial charge in [-0.3, -0.25) is 9.59 Å². The van der Waals surface area contributed by atoms with Crippen LogP contribution in [-0.2, 0) is 9.59 Å². The van der Waals surface area contributed by atoms with Crippen LogP contribution in [0, 0.1) is 0 Å². The Kier molecular flexibility index (Phi) is 2.16. The zero-order valence-corrected chi connectivity index (χ0v) is 9.21. The highest BCUT2D eigenvalue weighted by molar-refractivity contribution is 6.25. The second kappa shape index (κ2) is 3.55. The van der Waals surface area contributed by atoms with Gasteiger partial charge in [0.2, 0.25) is 0 Å². The summed E-state index contributed by atoms with van der Waals surface area (Å²) < 4.78 is 0. The lowest BCUT2D eigenvalue weighted by molar-refractivity contribution is -0.117. The first-order chi connectivity index (χ1) is 7.79. The molecule has 3 rings (SSSR count). The smallest absolute Gasteiger partial charge is 0.186 e. The van der Waals surface area contributed by atoms with Gasteiger partial charge < -0.3 is 0 Å². The van der Waals surface area contributed by atoms with Gasteiger partial charge in [0, 0.05) is 22.3 Å². The molecule has 3 aliphatic rings. The van der Waals surface area contributed by atoms with Crippen molar-refractivity contribution in [3.05, 3.63) is 34.4 Å². The summed E-state index contributed by atoms with van der Waals surface area (Å²) in [7, 11) is 0. The lowest BCUT2D eigenvalue weighted by Crippen LogP contribution is -2.26. The van der Waals surface area contributed by atoms with Crippen LogP contribution in [0.5, 0.6) is 0 Å². The summed E-state index contributed by atoms with van der Waals surface area (Å²) in [5.74, 6) is 0.322. The Bertz CT molecular complexity index is 415. The first-order valence-corrected chi connectivity index (χ1v) is 5.97. The number of carbonyl (C=O) groups is 2. The molecule has 2 nitrogen and oxygen atoms in total. The summed E-state index contributed by atoms with van der Waals surface area (Å²) in [5, 5.41) is 0. The summed E-state index contributed by atoms with van der Waals surface area (Å²) in [5.41, 5.74) is 3.19. The fourth-order valence-electron chi connectivity index (χ4n) is 2.88. The Labute approximate surface area is 94.7 Å². The number of ketones is 2. The normalized spacial score (nSPS) is 24.8. The molecule has 0 aromatic carbocycles. The van der Waals surface area contributed by atoms with E-state index in [-0.39, 0.29) is 11.6 Å². The van der Waals surface area contributed by atoms with E-state index in [0.717, 1.165) is 48.0 Å². The van der Waals surface area contributed by atoms with Crippen LogP contribution in [0.2, 0.25) is 0 Å². The number of Topliss-reactive ketones (excluding diaryl/α,β-unsaturated/α-hetero) is 2. The minimum Gasteiger partial charge on any atom is -0.289 e. The Morgan fingerprint density at radius 1 is 0.688 bits per heavy atom. The van der Waals surface area contributed by atoms with Gasteiger partial charge in [0.1, 0.15) is 0 Å². The van der Waals surface area contributed by atoms with E-state index in [1.807, 2.05) is 12.2 Å². The van der Waals surface area contributed by atoms with E-state index in [0.29, 0.717) is 12.8 Å². The van der Waals surface area contributed by atoms with Crippen LogP contribution in [0.3, 0.4) is 0 Å².